The molecule has 0 bridgehead atoms. The highest BCUT2D eigenvalue weighted by atomic mass is 19.1. The van der Waals surface area contributed by atoms with E-state index in [0.29, 0.717) is 47.9 Å². The monoisotopic (exact) mass is 678 g/mol. The third kappa shape index (κ3) is 10.3. The van der Waals surface area contributed by atoms with Gasteiger partial charge < -0.3 is 23.7 Å². The van der Waals surface area contributed by atoms with E-state index in [9.17, 15) is 9.18 Å². The molecular weight excluding hydrogens is 619 g/mol. The van der Waals surface area contributed by atoms with Crippen LogP contribution in [-0.2, 0) is 16.0 Å². The molecule has 9 heteroatoms. The van der Waals surface area contributed by atoms with Gasteiger partial charge in [0.05, 0.1) is 37.0 Å². The van der Waals surface area contributed by atoms with Gasteiger partial charge in [-0.05, 0) is 39.2 Å². The summed E-state index contributed by atoms with van der Waals surface area (Å²) in [4.78, 5) is 25.1. The van der Waals surface area contributed by atoms with Crippen LogP contribution in [0, 0.1) is 5.82 Å². The van der Waals surface area contributed by atoms with Crippen LogP contribution in [0.5, 0.6) is 5.88 Å². The zero-order valence-electron chi connectivity index (χ0n) is 30.5. The summed E-state index contributed by atoms with van der Waals surface area (Å²) in [6.07, 6.45) is 24.8. The maximum absolute atomic E-state index is 14.5. The van der Waals surface area contributed by atoms with E-state index in [1.807, 2.05) is 29.4 Å². The molecule has 0 radical (unpaired) electrons. The molecule has 49 heavy (non-hydrogen) atoms. The van der Waals surface area contributed by atoms with Crippen LogP contribution in [0.25, 0.3) is 22.2 Å². The fourth-order valence-electron chi connectivity index (χ4n) is 7.20. The Morgan fingerprint density at radius 3 is 2.06 bits per heavy atom. The lowest BCUT2D eigenvalue weighted by atomic mass is 10.0. The number of fused-ring (bicyclic) bond motifs is 3. The van der Waals surface area contributed by atoms with E-state index in [0.717, 1.165) is 24.8 Å². The van der Waals surface area contributed by atoms with Gasteiger partial charge in [0.25, 0.3) is 5.91 Å². The molecule has 8 nitrogen and oxygen atoms in total. The van der Waals surface area contributed by atoms with Crippen molar-refractivity contribution in [3.63, 3.8) is 0 Å². The van der Waals surface area contributed by atoms with Gasteiger partial charge in [0.2, 0.25) is 5.88 Å². The summed E-state index contributed by atoms with van der Waals surface area (Å²) in [5.41, 5.74) is 3.12. The first-order valence-corrected chi connectivity index (χ1v) is 19.1. The van der Waals surface area contributed by atoms with E-state index >= 15 is 0 Å². The van der Waals surface area contributed by atoms with Crippen molar-refractivity contribution in [3.05, 3.63) is 42.1 Å². The number of unbranched alkanes of at least 4 members (excludes halogenated alkanes) is 14. The Hall–Kier alpha value is -3.04. The molecule has 0 N–H and O–H groups in total. The van der Waals surface area contributed by atoms with Gasteiger partial charge in [0.15, 0.2) is 5.79 Å². The van der Waals surface area contributed by atoms with Crippen molar-refractivity contribution >= 4 is 16.9 Å². The number of nitrogens with zero attached hydrogens (tertiary/aromatic N) is 4. The molecule has 1 saturated carbocycles. The number of aromatic nitrogens is 3. The summed E-state index contributed by atoms with van der Waals surface area (Å²) in [7, 11) is 1.56. The molecule has 1 fully saturated rings. The molecule has 1 amide bonds. The Morgan fingerprint density at radius 2 is 1.49 bits per heavy atom. The number of carbonyl (C=O) groups excluding carboxylic acids is 1. The largest absolute Gasteiger partial charge is 0.481 e. The zero-order chi connectivity index (χ0) is 34.6. The van der Waals surface area contributed by atoms with Crippen LogP contribution in [0.2, 0.25) is 0 Å². The Morgan fingerprint density at radius 1 is 0.857 bits per heavy atom. The second kappa shape index (κ2) is 18.3. The van der Waals surface area contributed by atoms with E-state index in [2.05, 4.69) is 16.9 Å². The van der Waals surface area contributed by atoms with E-state index in [1.165, 1.54) is 102 Å². The number of ether oxygens (including phenoxy) is 3. The Bertz CT molecular complexity index is 1470. The number of hydrogen-bond acceptors (Lipinski definition) is 6. The average Bonchev–Trinajstić information content (AvgIpc) is 3.88. The molecule has 2 aliphatic rings. The predicted molar refractivity (Wildman–Crippen MR) is 193 cm³/mol. The first-order valence-electron chi connectivity index (χ1n) is 19.1. The molecule has 3 aromatic rings. The number of methoxy groups -OCH3 is 1. The minimum absolute atomic E-state index is 0.0805. The summed E-state index contributed by atoms with van der Waals surface area (Å²) in [5, 5.41) is 0. The van der Waals surface area contributed by atoms with Crippen LogP contribution in [0.3, 0.4) is 0 Å². The molecule has 270 valence electrons. The van der Waals surface area contributed by atoms with Gasteiger partial charge in [0.1, 0.15) is 11.5 Å². The summed E-state index contributed by atoms with van der Waals surface area (Å²) in [6.45, 7) is 7.65. The maximum atomic E-state index is 14.5. The average molecular weight is 679 g/mol. The number of hydrogen-bond donors (Lipinski definition) is 0. The molecule has 1 atom stereocenters. The highest BCUT2D eigenvalue weighted by molar-refractivity contribution is 6.09. The highest BCUT2D eigenvalue weighted by Crippen LogP contribution is 2.41. The molecule has 0 saturated heterocycles. The number of pyridine rings is 2. The predicted octanol–water partition coefficient (Wildman–Crippen LogP) is 9.87. The number of halogens is 1. The fraction of sp³-hybridized carbons (Fsp3) is 0.675. The van der Waals surface area contributed by atoms with Crippen molar-refractivity contribution in [2.24, 2.45) is 0 Å². The summed E-state index contributed by atoms with van der Waals surface area (Å²) < 4.78 is 34.3. The zero-order valence-corrected chi connectivity index (χ0v) is 30.5. The smallest absolute Gasteiger partial charge is 0.271 e. The van der Waals surface area contributed by atoms with E-state index in [4.69, 9.17) is 14.2 Å². The Labute approximate surface area is 293 Å². The standard InChI is InChI=1S/C40H59FN4O4/c1-5-6-7-8-9-10-11-12-13-14-15-16-17-18-19-24-48-40(2,3)49-29-33-28-44-34-25-31(41)27-43-37(34)36(30-20-23-35(47-4)42-26-30)38(44)39(46)45(33)32-21-22-32/h20,23,25-27,32-33H,5-19,21-22,24,28-29H2,1-4H3. The molecule has 4 heterocycles. The molecule has 0 aromatic carbocycles. The number of rotatable bonds is 23. The van der Waals surface area contributed by atoms with Crippen LogP contribution in [0.1, 0.15) is 140 Å². The summed E-state index contributed by atoms with van der Waals surface area (Å²) in [5.74, 6) is -0.817. The van der Waals surface area contributed by atoms with Crippen LogP contribution < -0.4 is 4.74 Å². The molecule has 0 spiro atoms. The summed E-state index contributed by atoms with van der Waals surface area (Å²) >= 11 is 0. The first kappa shape index (κ1) is 37.2. The number of amides is 1. The molecular formula is C40H59FN4O4. The second-order valence-corrected chi connectivity index (χ2v) is 14.6. The van der Waals surface area contributed by atoms with Crippen molar-refractivity contribution in [2.45, 2.75) is 154 Å². The molecule has 1 aliphatic heterocycles. The second-order valence-electron chi connectivity index (χ2n) is 14.6. The fourth-order valence-corrected chi connectivity index (χ4v) is 7.20. The third-order valence-electron chi connectivity index (χ3n) is 10.1. The van der Waals surface area contributed by atoms with Crippen molar-refractivity contribution < 1.29 is 23.4 Å². The van der Waals surface area contributed by atoms with Gasteiger partial charge in [-0.2, -0.15) is 0 Å². The molecule has 3 aromatic heterocycles. The Kier molecular flexibility index (Phi) is 13.9. The molecule has 5 rings (SSSR count). The summed E-state index contributed by atoms with van der Waals surface area (Å²) in [6, 6.07) is 5.06. The van der Waals surface area contributed by atoms with Crippen molar-refractivity contribution in [1.29, 1.82) is 0 Å². The SMILES string of the molecule is CCCCCCCCCCCCCCCCCOC(C)(C)OCC1Cn2c(c(-c3ccc(OC)nc3)c3ncc(F)cc32)C(=O)N1C1CC1. The normalized spacial score (nSPS) is 16.5. The third-order valence-corrected chi connectivity index (χ3v) is 10.1. The van der Waals surface area contributed by atoms with Crippen LogP contribution in [-0.4, -0.2) is 63.5 Å². The molecule has 1 unspecified atom stereocenters. The van der Waals surface area contributed by atoms with Crippen LogP contribution in [0.15, 0.2) is 30.6 Å². The van der Waals surface area contributed by atoms with Crippen LogP contribution >= 0.6 is 0 Å². The van der Waals surface area contributed by atoms with E-state index < -0.39 is 11.6 Å². The van der Waals surface area contributed by atoms with Crippen LogP contribution in [0.4, 0.5) is 4.39 Å². The maximum Gasteiger partial charge on any atom is 0.271 e. The van der Waals surface area contributed by atoms with Gasteiger partial charge in [-0.1, -0.05) is 96.8 Å². The Balaban J connectivity index is 1.08. The quantitative estimate of drug-likeness (QED) is 0.0734. The van der Waals surface area contributed by atoms with Crippen molar-refractivity contribution in [1.82, 2.24) is 19.4 Å². The lowest BCUT2D eigenvalue weighted by Crippen LogP contribution is -2.52. The lowest BCUT2D eigenvalue weighted by molar-refractivity contribution is -0.220. The van der Waals surface area contributed by atoms with Gasteiger partial charge in [-0.15, -0.1) is 0 Å². The first-order chi connectivity index (χ1) is 23.8. The minimum Gasteiger partial charge on any atom is -0.481 e. The lowest BCUT2D eigenvalue weighted by Gasteiger charge is -2.39. The van der Waals surface area contributed by atoms with Crippen molar-refractivity contribution in [3.8, 4) is 17.0 Å². The topological polar surface area (TPSA) is 78.7 Å². The van der Waals surface area contributed by atoms with E-state index in [-0.39, 0.29) is 18.0 Å². The van der Waals surface area contributed by atoms with Gasteiger partial charge >= 0.3 is 0 Å². The van der Waals surface area contributed by atoms with Crippen molar-refractivity contribution in [2.75, 3.05) is 20.3 Å². The molecule has 1 aliphatic carbocycles. The minimum atomic E-state index is -0.777. The van der Waals surface area contributed by atoms with Gasteiger partial charge in [-0.25, -0.2) is 9.37 Å². The van der Waals surface area contributed by atoms with Gasteiger partial charge in [-0.3, -0.25) is 9.78 Å². The highest BCUT2D eigenvalue weighted by Gasteiger charge is 2.44. The van der Waals surface area contributed by atoms with Gasteiger partial charge in [0, 0.05) is 48.6 Å². The number of carbonyl (C=O) groups is 1. The van der Waals surface area contributed by atoms with E-state index in [1.54, 1.807) is 19.4 Å².